The topological polar surface area (TPSA) is 57.2 Å². The summed E-state index contributed by atoms with van der Waals surface area (Å²) in [5.74, 6) is 0.713. The van der Waals surface area contributed by atoms with Crippen molar-refractivity contribution in [3.05, 3.63) is 35.4 Å². The summed E-state index contributed by atoms with van der Waals surface area (Å²) < 4.78 is 42.7. The molecule has 0 atom stereocenters. The van der Waals surface area contributed by atoms with E-state index in [1.54, 1.807) is 18.9 Å². The maximum Gasteiger partial charge on any atom is 0.416 e. The third-order valence-electron chi connectivity index (χ3n) is 4.30. The molecule has 1 aromatic rings. The summed E-state index contributed by atoms with van der Waals surface area (Å²) in [6, 6.07) is 5.17. The fourth-order valence-corrected chi connectivity index (χ4v) is 2.83. The number of guanidine groups is 1. The van der Waals surface area contributed by atoms with Crippen molar-refractivity contribution in [1.82, 2.24) is 15.1 Å². The minimum atomic E-state index is -4.31. The van der Waals surface area contributed by atoms with Crippen LogP contribution in [0.3, 0.4) is 0 Å². The molecule has 0 radical (unpaired) electrons. The predicted molar refractivity (Wildman–Crippen MR) is 112 cm³/mol. The summed E-state index contributed by atoms with van der Waals surface area (Å²) in [6.45, 7) is 5.06. The Morgan fingerprint density at radius 3 is 2.21 bits per heavy atom. The zero-order valence-electron chi connectivity index (χ0n) is 16.0. The number of carbonyl (C=O) groups excluding carboxylic acids is 1. The first-order valence-corrected chi connectivity index (χ1v) is 8.88. The van der Waals surface area contributed by atoms with E-state index in [9.17, 15) is 18.0 Å². The van der Waals surface area contributed by atoms with Gasteiger partial charge in [-0.3, -0.25) is 4.99 Å². The molecule has 0 aromatic heterocycles. The first-order chi connectivity index (χ1) is 12.8. The summed E-state index contributed by atoms with van der Waals surface area (Å²) in [5, 5.41) is 3.22. The van der Waals surface area contributed by atoms with Gasteiger partial charge in [0.05, 0.1) is 12.2 Å². The molecule has 0 aliphatic carbocycles. The molecule has 28 heavy (non-hydrogen) atoms. The Morgan fingerprint density at radius 1 is 1.14 bits per heavy atom. The molecular weight excluding hydrogens is 488 g/mol. The number of rotatable bonds is 4. The van der Waals surface area contributed by atoms with Crippen molar-refractivity contribution < 1.29 is 22.7 Å². The number of amides is 1. The number of hydrogen-bond acceptors (Lipinski definition) is 3. The summed E-state index contributed by atoms with van der Waals surface area (Å²) in [4.78, 5) is 19.7. The molecule has 2 rings (SSSR count). The van der Waals surface area contributed by atoms with Gasteiger partial charge in [0.1, 0.15) is 0 Å². The molecule has 1 aliphatic heterocycles. The normalized spacial score (nSPS) is 15.1. The lowest BCUT2D eigenvalue weighted by Gasteiger charge is -2.35. The Morgan fingerprint density at radius 2 is 1.71 bits per heavy atom. The van der Waals surface area contributed by atoms with Gasteiger partial charge in [-0.1, -0.05) is 12.1 Å². The van der Waals surface area contributed by atoms with Crippen LogP contribution in [-0.4, -0.2) is 68.2 Å². The average molecular weight is 514 g/mol. The monoisotopic (exact) mass is 514 g/mol. The highest BCUT2D eigenvalue weighted by atomic mass is 127. The molecule has 1 aliphatic rings. The van der Waals surface area contributed by atoms with Gasteiger partial charge in [0.15, 0.2) is 5.96 Å². The van der Waals surface area contributed by atoms with E-state index in [4.69, 9.17) is 4.74 Å². The fraction of sp³-hybridized carbons (Fsp3) is 0.556. The van der Waals surface area contributed by atoms with E-state index in [0.29, 0.717) is 51.7 Å². The molecule has 0 unspecified atom stereocenters. The Labute approximate surface area is 180 Å². The van der Waals surface area contributed by atoms with E-state index in [0.717, 1.165) is 17.7 Å². The smallest absolute Gasteiger partial charge is 0.416 e. The van der Waals surface area contributed by atoms with Gasteiger partial charge in [-0.25, -0.2) is 4.79 Å². The summed E-state index contributed by atoms with van der Waals surface area (Å²) in [5.41, 5.74) is 0.174. The quantitative estimate of drug-likeness (QED) is 0.381. The van der Waals surface area contributed by atoms with Crippen LogP contribution in [0.15, 0.2) is 29.3 Å². The van der Waals surface area contributed by atoms with Crippen molar-refractivity contribution in [3.63, 3.8) is 0 Å². The number of nitrogens with one attached hydrogen (secondary N) is 1. The minimum Gasteiger partial charge on any atom is -0.450 e. The number of ether oxygens (including phenoxy) is 1. The van der Waals surface area contributed by atoms with Gasteiger partial charge in [-0.15, -0.1) is 24.0 Å². The van der Waals surface area contributed by atoms with E-state index in [1.165, 1.54) is 12.1 Å². The molecule has 1 amide bonds. The summed E-state index contributed by atoms with van der Waals surface area (Å²) in [7, 11) is 1.68. The molecule has 1 saturated heterocycles. The van der Waals surface area contributed by atoms with E-state index in [2.05, 4.69) is 10.3 Å². The van der Waals surface area contributed by atoms with Gasteiger partial charge in [0, 0.05) is 39.8 Å². The fourth-order valence-electron chi connectivity index (χ4n) is 2.83. The van der Waals surface area contributed by atoms with Crippen LogP contribution in [0, 0.1) is 0 Å². The Hall–Kier alpha value is -1.72. The van der Waals surface area contributed by atoms with Crippen molar-refractivity contribution >= 4 is 36.0 Å². The lowest BCUT2D eigenvalue weighted by Crippen LogP contribution is -2.54. The van der Waals surface area contributed by atoms with Gasteiger partial charge in [0.25, 0.3) is 0 Å². The molecule has 1 fully saturated rings. The van der Waals surface area contributed by atoms with Crippen LogP contribution in [0.1, 0.15) is 18.1 Å². The first-order valence-electron chi connectivity index (χ1n) is 8.88. The average Bonchev–Trinajstić information content (AvgIpc) is 2.65. The molecule has 1 heterocycles. The van der Waals surface area contributed by atoms with Gasteiger partial charge < -0.3 is 19.9 Å². The molecule has 10 heteroatoms. The van der Waals surface area contributed by atoms with Crippen LogP contribution in [-0.2, 0) is 17.3 Å². The van der Waals surface area contributed by atoms with E-state index < -0.39 is 11.7 Å². The molecule has 0 bridgehead atoms. The number of piperazine rings is 1. The third kappa shape index (κ3) is 7.02. The second-order valence-corrected chi connectivity index (χ2v) is 6.09. The predicted octanol–water partition coefficient (Wildman–Crippen LogP) is 3.22. The van der Waals surface area contributed by atoms with Crippen LogP contribution >= 0.6 is 24.0 Å². The largest absolute Gasteiger partial charge is 0.450 e. The number of alkyl halides is 3. The van der Waals surface area contributed by atoms with E-state index in [1.807, 2.05) is 4.90 Å². The van der Waals surface area contributed by atoms with Crippen molar-refractivity contribution in [2.24, 2.45) is 4.99 Å². The third-order valence-corrected chi connectivity index (χ3v) is 4.30. The maximum absolute atomic E-state index is 12.6. The molecule has 1 aromatic carbocycles. The number of halogens is 4. The van der Waals surface area contributed by atoms with E-state index >= 15 is 0 Å². The van der Waals surface area contributed by atoms with Crippen molar-refractivity contribution in [2.75, 3.05) is 46.4 Å². The zero-order valence-corrected chi connectivity index (χ0v) is 18.3. The number of benzene rings is 1. The number of nitrogens with zero attached hydrogens (tertiary/aromatic N) is 3. The van der Waals surface area contributed by atoms with Crippen LogP contribution in [0.5, 0.6) is 0 Å². The highest BCUT2D eigenvalue weighted by molar-refractivity contribution is 14.0. The van der Waals surface area contributed by atoms with Crippen LogP contribution < -0.4 is 5.32 Å². The van der Waals surface area contributed by atoms with Crippen molar-refractivity contribution in [2.45, 2.75) is 19.5 Å². The maximum atomic E-state index is 12.6. The number of hydrogen-bond donors (Lipinski definition) is 1. The number of aliphatic imine (C=N–C) groups is 1. The molecule has 0 saturated carbocycles. The van der Waals surface area contributed by atoms with Gasteiger partial charge in [-0.05, 0) is 31.0 Å². The minimum absolute atomic E-state index is 0. The summed E-state index contributed by atoms with van der Waals surface area (Å²) in [6.07, 6.45) is -4.04. The van der Waals surface area contributed by atoms with Gasteiger partial charge >= 0.3 is 12.3 Å². The Kier molecular flexibility index (Phi) is 9.83. The number of carbonyl (C=O) groups is 1. The Balaban J connectivity index is 0.00000392. The lowest BCUT2D eigenvalue weighted by molar-refractivity contribution is -0.137. The van der Waals surface area contributed by atoms with Gasteiger partial charge in [-0.2, -0.15) is 13.2 Å². The molecule has 0 spiro atoms. The molecule has 158 valence electrons. The summed E-state index contributed by atoms with van der Waals surface area (Å²) >= 11 is 0. The van der Waals surface area contributed by atoms with E-state index in [-0.39, 0.29) is 30.1 Å². The SMILES string of the molecule is CCOC(=O)N1CCN(C(=NC)NCCc2ccc(C(F)(F)F)cc2)CC1.I. The van der Waals surface area contributed by atoms with Crippen molar-refractivity contribution in [3.8, 4) is 0 Å². The first kappa shape index (κ1) is 24.3. The highest BCUT2D eigenvalue weighted by Gasteiger charge is 2.30. The second-order valence-electron chi connectivity index (χ2n) is 6.09. The molecule has 1 N–H and O–H groups in total. The standard InChI is InChI=1S/C18H25F3N4O2.HI/c1-3-27-17(26)25-12-10-24(11-13-25)16(22-2)23-9-8-14-4-6-15(7-5-14)18(19,20)21;/h4-7H,3,8-13H2,1-2H3,(H,22,23);1H. The Bertz CT molecular complexity index is 645. The zero-order chi connectivity index (χ0) is 19.9. The highest BCUT2D eigenvalue weighted by Crippen LogP contribution is 2.29. The van der Waals surface area contributed by atoms with Crippen molar-refractivity contribution in [1.29, 1.82) is 0 Å². The second kappa shape index (κ2) is 11.3. The van der Waals surface area contributed by atoms with Crippen LogP contribution in [0.4, 0.5) is 18.0 Å². The van der Waals surface area contributed by atoms with Crippen LogP contribution in [0.25, 0.3) is 0 Å². The van der Waals surface area contributed by atoms with Crippen LogP contribution in [0.2, 0.25) is 0 Å². The molecular formula is C18H26F3IN4O2. The van der Waals surface area contributed by atoms with Gasteiger partial charge in [0.2, 0.25) is 0 Å². The molecule has 6 nitrogen and oxygen atoms in total. The lowest BCUT2D eigenvalue weighted by atomic mass is 10.1.